The lowest BCUT2D eigenvalue weighted by atomic mass is 10.3. The summed E-state index contributed by atoms with van der Waals surface area (Å²) in [5, 5.41) is 0. The van der Waals surface area contributed by atoms with Crippen molar-refractivity contribution in [2.45, 2.75) is 36.3 Å². The van der Waals surface area contributed by atoms with E-state index in [1.807, 2.05) is 6.07 Å². The Kier molecular flexibility index (Phi) is 4.17. The Bertz CT molecular complexity index is 545. The molecule has 2 aliphatic carbocycles. The third-order valence-corrected chi connectivity index (χ3v) is 7.38. The van der Waals surface area contributed by atoms with Crippen LogP contribution in [0.5, 0.6) is 0 Å². The van der Waals surface area contributed by atoms with Gasteiger partial charge < -0.3 is 5.73 Å². The molecule has 6 heteroatoms. The van der Waals surface area contributed by atoms with E-state index in [-0.39, 0.29) is 0 Å². The topological polar surface area (TPSA) is 63.4 Å². The Morgan fingerprint density at radius 2 is 1.75 bits per heavy atom. The Morgan fingerprint density at radius 1 is 1.15 bits per heavy atom. The van der Waals surface area contributed by atoms with Crippen molar-refractivity contribution in [3.63, 3.8) is 0 Å². The summed E-state index contributed by atoms with van der Waals surface area (Å²) < 4.78 is 27.8. The molecule has 4 nitrogen and oxygen atoms in total. The van der Waals surface area contributed by atoms with Gasteiger partial charge in [0.2, 0.25) is 0 Å². The minimum atomic E-state index is -3.30. The van der Waals surface area contributed by atoms with Crippen molar-refractivity contribution in [2.75, 3.05) is 19.6 Å². The Balaban J connectivity index is 1.77. The van der Waals surface area contributed by atoms with E-state index in [4.69, 9.17) is 5.73 Å². The second-order valence-corrected chi connectivity index (χ2v) is 9.30. The van der Waals surface area contributed by atoms with Crippen molar-refractivity contribution in [1.82, 2.24) is 4.31 Å². The molecule has 2 fully saturated rings. The van der Waals surface area contributed by atoms with Gasteiger partial charge in [0, 0.05) is 18.0 Å². The molecule has 0 aromatic carbocycles. The van der Waals surface area contributed by atoms with Gasteiger partial charge in [-0.05, 0) is 62.6 Å². The first-order valence-corrected chi connectivity index (χ1v) is 9.64. The summed E-state index contributed by atoms with van der Waals surface area (Å²) in [6.45, 7) is 1.99. The predicted molar refractivity (Wildman–Crippen MR) is 81.3 cm³/mol. The van der Waals surface area contributed by atoms with Gasteiger partial charge in [0.15, 0.2) is 0 Å². The third-order valence-electron chi connectivity index (χ3n) is 3.94. The lowest BCUT2D eigenvalue weighted by molar-refractivity contribution is 0.383. The summed E-state index contributed by atoms with van der Waals surface area (Å²) in [5.74, 6) is 1.18. The highest BCUT2D eigenvalue weighted by molar-refractivity contribution is 7.91. The number of nitrogens with zero attached hydrogens (tertiary/aromatic N) is 1. The van der Waals surface area contributed by atoms with Crippen LogP contribution in [0.2, 0.25) is 0 Å². The van der Waals surface area contributed by atoms with Crippen LogP contribution in [0.25, 0.3) is 0 Å². The number of hydrogen-bond acceptors (Lipinski definition) is 4. The molecule has 1 heterocycles. The van der Waals surface area contributed by atoms with Crippen molar-refractivity contribution >= 4 is 21.4 Å². The van der Waals surface area contributed by atoms with E-state index in [0.717, 1.165) is 11.3 Å². The van der Waals surface area contributed by atoms with Gasteiger partial charge in [-0.15, -0.1) is 11.3 Å². The third kappa shape index (κ3) is 3.42. The molecular formula is C14H22N2O2S2. The Hall–Kier alpha value is -0.430. The summed E-state index contributed by atoms with van der Waals surface area (Å²) in [6, 6.07) is 3.65. The average Bonchev–Trinajstić information content (AvgIpc) is 3.32. The van der Waals surface area contributed by atoms with Gasteiger partial charge in [-0.1, -0.05) is 0 Å². The fraction of sp³-hybridized carbons (Fsp3) is 0.714. The molecule has 112 valence electrons. The standard InChI is InChI=1S/C14H22N2O2S2/c15-8-7-13-5-6-14(19-13)20(17,18)16(9-11-1-2-11)10-12-3-4-12/h5-6,11-12H,1-4,7-10,15H2. The molecule has 20 heavy (non-hydrogen) atoms. The molecule has 0 spiro atoms. The minimum Gasteiger partial charge on any atom is -0.330 e. The first-order chi connectivity index (χ1) is 9.59. The fourth-order valence-electron chi connectivity index (χ4n) is 2.35. The van der Waals surface area contributed by atoms with Crippen LogP contribution >= 0.6 is 11.3 Å². The van der Waals surface area contributed by atoms with Gasteiger partial charge in [0.05, 0.1) is 0 Å². The first kappa shape index (κ1) is 14.5. The van der Waals surface area contributed by atoms with E-state index in [9.17, 15) is 8.42 Å². The van der Waals surface area contributed by atoms with Crippen LogP contribution in [0.3, 0.4) is 0 Å². The normalized spacial score (nSPS) is 19.7. The quantitative estimate of drug-likeness (QED) is 0.799. The Labute approximate surface area is 125 Å². The second-order valence-electron chi connectivity index (χ2n) is 5.97. The van der Waals surface area contributed by atoms with Crippen molar-refractivity contribution < 1.29 is 8.42 Å². The molecule has 0 aliphatic heterocycles. The van der Waals surface area contributed by atoms with Crippen LogP contribution in [-0.2, 0) is 16.4 Å². The molecule has 0 atom stereocenters. The van der Waals surface area contributed by atoms with Crippen LogP contribution in [0, 0.1) is 11.8 Å². The molecule has 1 aromatic rings. The maximum atomic E-state index is 12.8. The summed E-state index contributed by atoms with van der Waals surface area (Å²) >= 11 is 1.38. The summed E-state index contributed by atoms with van der Waals surface area (Å²) in [6.07, 6.45) is 5.48. The zero-order valence-electron chi connectivity index (χ0n) is 11.6. The molecule has 0 unspecified atom stereocenters. The predicted octanol–water partition coefficient (Wildman–Crippen LogP) is 2.06. The molecule has 2 N–H and O–H groups in total. The van der Waals surface area contributed by atoms with E-state index in [0.29, 0.717) is 35.7 Å². The van der Waals surface area contributed by atoms with Gasteiger partial charge in [0.25, 0.3) is 10.0 Å². The van der Waals surface area contributed by atoms with Crippen LogP contribution in [0.15, 0.2) is 16.3 Å². The lowest BCUT2D eigenvalue weighted by Crippen LogP contribution is -2.34. The monoisotopic (exact) mass is 314 g/mol. The zero-order valence-corrected chi connectivity index (χ0v) is 13.3. The van der Waals surface area contributed by atoms with Crippen molar-refractivity contribution in [3.05, 3.63) is 17.0 Å². The number of nitrogens with two attached hydrogens (primary N) is 1. The van der Waals surface area contributed by atoms with Gasteiger partial charge in [-0.3, -0.25) is 0 Å². The van der Waals surface area contributed by atoms with Crippen molar-refractivity contribution in [1.29, 1.82) is 0 Å². The maximum absolute atomic E-state index is 12.8. The van der Waals surface area contributed by atoms with Gasteiger partial charge in [-0.25, -0.2) is 8.42 Å². The number of sulfonamides is 1. The minimum absolute atomic E-state index is 0.488. The highest BCUT2D eigenvalue weighted by Gasteiger charge is 2.36. The summed E-state index contributed by atoms with van der Waals surface area (Å²) in [7, 11) is -3.30. The first-order valence-electron chi connectivity index (χ1n) is 7.38. The SMILES string of the molecule is NCCc1ccc(S(=O)(=O)N(CC2CC2)CC2CC2)s1. The van der Waals surface area contributed by atoms with E-state index >= 15 is 0 Å². The molecule has 3 rings (SSSR count). The average molecular weight is 314 g/mol. The van der Waals surface area contributed by atoms with Gasteiger partial charge >= 0.3 is 0 Å². The van der Waals surface area contributed by atoms with E-state index in [2.05, 4.69) is 0 Å². The van der Waals surface area contributed by atoms with Crippen LogP contribution in [-0.4, -0.2) is 32.4 Å². The largest absolute Gasteiger partial charge is 0.330 e. The molecule has 2 saturated carbocycles. The molecule has 0 saturated heterocycles. The van der Waals surface area contributed by atoms with Gasteiger partial charge in [0.1, 0.15) is 4.21 Å². The lowest BCUT2D eigenvalue weighted by Gasteiger charge is -2.21. The van der Waals surface area contributed by atoms with Crippen LogP contribution < -0.4 is 5.73 Å². The zero-order chi connectivity index (χ0) is 14.2. The molecule has 2 aliphatic rings. The van der Waals surface area contributed by atoms with Crippen molar-refractivity contribution in [3.8, 4) is 0 Å². The van der Waals surface area contributed by atoms with E-state index < -0.39 is 10.0 Å². The van der Waals surface area contributed by atoms with E-state index in [1.165, 1.54) is 37.0 Å². The molecule has 0 amide bonds. The molecule has 0 radical (unpaired) electrons. The molecule has 1 aromatic heterocycles. The second kappa shape index (κ2) is 5.75. The number of hydrogen-bond donors (Lipinski definition) is 1. The highest BCUT2D eigenvalue weighted by Crippen LogP contribution is 2.37. The highest BCUT2D eigenvalue weighted by atomic mass is 32.2. The fourth-order valence-corrected chi connectivity index (χ4v) is 5.47. The smallest absolute Gasteiger partial charge is 0.252 e. The van der Waals surface area contributed by atoms with Crippen LogP contribution in [0.4, 0.5) is 0 Å². The van der Waals surface area contributed by atoms with Crippen LogP contribution in [0.1, 0.15) is 30.6 Å². The van der Waals surface area contributed by atoms with Gasteiger partial charge in [-0.2, -0.15) is 4.31 Å². The number of thiophene rings is 1. The summed E-state index contributed by atoms with van der Waals surface area (Å²) in [5.41, 5.74) is 5.53. The molecule has 0 bridgehead atoms. The number of rotatable bonds is 8. The maximum Gasteiger partial charge on any atom is 0.252 e. The summed E-state index contributed by atoms with van der Waals surface area (Å²) in [4.78, 5) is 1.06. The Morgan fingerprint density at radius 3 is 2.25 bits per heavy atom. The molecular weight excluding hydrogens is 292 g/mol. The van der Waals surface area contributed by atoms with E-state index in [1.54, 1.807) is 10.4 Å². The van der Waals surface area contributed by atoms with Crippen molar-refractivity contribution in [2.24, 2.45) is 17.6 Å².